The van der Waals surface area contributed by atoms with E-state index in [1.54, 1.807) is 0 Å². The number of anilines is 2. The number of nitrogens with zero attached hydrogens (tertiary/aromatic N) is 1. The van der Waals surface area contributed by atoms with E-state index in [0.717, 1.165) is 6.07 Å². The van der Waals surface area contributed by atoms with Gasteiger partial charge in [0.2, 0.25) is 0 Å². The Hall–Kier alpha value is -1.50. The first-order valence-corrected chi connectivity index (χ1v) is 5.45. The van der Waals surface area contributed by atoms with Crippen LogP contribution in [0.5, 0.6) is 0 Å². The lowest BCUT2D eigenvalue weighted by Crippen LogP contribution is -2.25. The van der Waals surface area contributed by atoms with Gasteiger partial charge in [-0.25, -0.2) is 4.98 Å². The van der Waals surface area contributed by atoms with Crippen molar-refractivity contribution in [2.75, 3.05) is 24.7 Å². The monoisotopic (exact) mass is 261 g/mol. The van der Waals surface area contributed by atoms with Crippen LogP contribution in [0.2, 0.25) is 0 Å². The van der Waals surface area contributed by atoms with Gasteiger partial charge in [-0.05, 0) is 18.1 Å². The lowest BCUT2D eigenvalue weighted by Gasteiger charge is -2.25. The van der Waals surface area contributed by atoms with Gasteiger partial charge in [-0.1, -0.05) is 6.92 Å². The third kappa shape index (κ3) is 2.10. The van der Waals surface area contributed by atoms with Crippen molar-refractivity contribution >= 4 is 11.5 Å². The molecular formula is C11H14F3N3O. The normalized spacial score (nSPS) is 24.4. The van der Waals surface area contributed by atoms with Crippen molar-refractivity contribution in [2.45, 2.75) is 24.9 Å². The van der Waals surface area contributed by atoms with Gasteiger partial charge >= 0.3 is 6.18 Å². The molecule has 0 bridgehead atoms. The van der Waals surface area contributed by atoms with Gasteiger partial charge in [0.25, 0.3) is 0 Å². The molecule has 2 rings (SSSR count). The summed E-state index contributed by atoms with van der Waals surface area (Å²) in [7, 11) is 0. The third-order valence-electron chi connectivity index (χ3n) is 3.25. The Morgan fingerprint density at radius 2 is 2.06 bits per heavy atom. The second kappa shape index (κ2) is 4.01. The van der Waals surface area contributed by atoms with Crippen molar-refractivity contribution in [1.29, 1.82) is 0 Å². The molecule has 0 aliphatic carbocycles. The van der Waals surface area contributed by atoms with Gasteiger partial charge in [-0.2, -0.15) is 13.2 Å². The quantitative estimate of drug-likeness (QED) is 0.810. The van der Waals surface area contributed by atoms with E-state index in [0.29, 0.717) is 25.2 Å². The van der Waals surface area contributed by atoms with Crippen LogP contribution in [0, 0.1) is 0 Å². The zero-order chi connectivity index (χ0) is 13.6. The first kappa shape index (κ1) is 12.9. The van der Waals surface area contributed by atoms with E-state index in [-0.39, 0.29) is 11.5 Å². The lowest BCUT2D eigenvalue weighted by atomic mass is 9.81. The van der Waals surface area contributed by atoms with Crippen LogP contribution in [0.1, 0.15) is 24.6 Å². The van der Waals surface area contributed by atoms with E-state index < -0.39 is 17.3 Å². The fraction of sp³-hybridized carbons (Fsp3) is 0.545. The molecule has 0 amide bonds. The Balaban J connectivity index is 2.56. The Bertz CT molecular complexity index is 467. The van der Waals surface area contributed by atoms with Gasteiger partial charge in [0.1, 0.15) is 11.5 Å². The molecule has 0 aromatic carbocycles. The number of hydrogen-bond donors (Lipinski definition) is 2. The van der Waals surface area contributed by atoms with Crippen molar-refractivity contribution in [2.24, 2.45) is 0 Å². The first-order chi connectivity index (χ1) is 8.24. The van der Waals surface area contributed by atoms with Crippen molar-refractivity contribution < 1.29 is 17.9 Å². The summed E-state index contributed by atoms with van der Waals surface area (Å²) in [5, 5.41) is 0. The molecule has 1 aromatic heterocycles. The van der Waals surface area contributed by atoms with Crippen LogP contribution in [0.25, 0.3) is 0 Å². The van der Waals surface area contributed by atoms with Crippen LogP contribution in [-0.4, -0.2) is 18.2 Å². The second-order valence-electron chi connectivity index (χ2n) is 4.71. The maximum absolute atomic E-state index is 12.7. The number of nitrogens with two attached hydrogens (primary N) is 2. The molecule has 0 radical (unpaired) electrons. The van der Waals surface area contributed by atoms with Crippen LogP contribution < -0.4 is 11.5 Å². The van der Waals surface area contributed by atoms with Crippen LogP contribution in [0.3, 0.4) is 0 Å². The smallest absolute Gasteiger partial charge is 0.396 e. The highest BCUT2D eigenvalue weighted by molar-refractivity contribution is 5.66. The summed E-state index contributed by atoms with van der Waals surface area (Å²) in [6.07, 6.45) is -3.93. The van der Waals surface area contributed by atoms with E-state index in [9.17, 15) is 13.2 Å². The molecule has 7 heteroatoms. The average Bonchev–Trinajstić information content (AvgIpc) is 2.68. The van der Waals surface area contributed by atoms with E-state index >= 15 is 0 Å². The highest BCUT2D eigenvalue weighted by Gasteiger charge is 2.39. The molecule has 1 aliphatic heterocycles. The van der Waals surface area contributed by atoms with Gasteiger partial charge in [0, 0.05) is 12.0 Å². The van der Waals surface area contributed by atoms with Gasteiger partial charge in [-0.3, -0.25) is 0 Å². The fourth-order valence-electron chi connectivity index (χ4n) is 2.10. The van der Waals surface area contributed by atoms with Crippen molar-refractivity contribution in [1.82, 2.24) is 4.98 Å². The molecule has 1 fully saturated rings. The highest BCUT2D eigenvalue weighted by Crippen LogP contribution is 2.40. The van der Waals surface area contributed by atoms with Gasteiger partial charge in [0.15, 0.2) is 0 Å². The summed E-state index contributed by atoms with van der Waals surface area (Å²) in [5.41, 5.74) is 10.1. The number of halogens is 3. The van der Waals surface area contributed by atoms with Gasteiger partial charge in [0.05, 0.1) is 12.3 Å². The summed E-state index contributed by atoms with van der Waals surface area (Å²) in [6, 6.07) is 0.973. The zero-order valence-electron chi connectivity index (χ0n) is 9.84. The Kier molecular flexibility index (Phi) is 2.89. The first-order valence-electron chi connectivity index (χ1n) is 5.45. The predicted octanol–water partition coefficient (Wildman–Crippen LogP) is 1.94. The molecule has 4 N–H and O–H groups in total. The Morgan fingerprint density at radius 1 is 1.39 bits per heavy atom. The minimum absolute atomic E-state index is 0.107. The Labute approximate surface area is 102 Å². The van der Waals surface area contributed by atoms with Crippen LogP contribution in [0.15, 0.2) is 6.07 Å². The molecule has 4 nitrogen and oxygen atoms in total. The van der Waals surface area contributed by atoms with E-state index in [4.69, 9.17) is 16.2 Å². The molecule has 1 unspecified atom stereocenters. The molecule has 0 saturated carbocycles. The van der Waals surface area contributed by atoms with E-state index in [1.165, 1.54) is 0 Å². The SMILES string of the molecule is CC1(c2cc(C(F)(F)F)nc(N)c2N)CCOC1. The average molecular weight is 261 g/mol. The number of rotatable bonds is 1. The van der Waals surface area contributed by atoms with E-state index in [2.05, 4.69) is 4.98 Å². The van der Waals surface area contributed by atoms with Crippen LogP contribution in [-0.2, 0) is 16.3 Å². The topological polar surface area (TPSA) is 74.2 Å². The molecule has 18 heavy (non-hydrogen) atoms. The maximum atomic E-state index is 12.7. The summed E-state index contributed by atoms with van der Waals surface area (Å²) < 4.78 is 43.3. The van der Waals surface area contributed by atoms with Crippen molar-refractivity contribution in [3.63, 3.8) is 0 Å². The second-order valence-corrected chi connectivity index (χ2v) is 4.71. The standard InChI is InChI=1S/C11H14F3N3O/c1-10(2-3-18-5-10)6-4-7(11(12,13)14)17-9(16)8(6)15/h4H,2-3,5,15H2,1H3,(H2,16,17). The minimum atomic E-state index is -4.54. The van der Waals surface area contributed by atoms with Crippen molar-refractivity contribution in [3.05, 3.63) is 17.3 Å². The predicted molar refractivity (Wildman–Crippen MR) is 60.9 cm³/mol. The summed E-state index contributed by atoms with van der Waals surface area (Å²) in [6.45, 7) is 2.64. The molecule has 1 aliphatic rings. The number of nitrogen functional groups attached to an aromatic ring is 2. The van der Waals surface area contributed by atoms with Gasteiger partial charge in [-0.15, -0.1) is 0 Å². The van der Waals surface area contributed by atoms with Crippen LogP contribution in [0.4, 0.5) is 24.7 Å². The largest absolute Gasteiger partial charge is 0.433 e. The number of hydrogen-bond acceptors (Lipinski definition) is 4. The summed E-state index contributed by atoms with van der Waals surface area (Å²) in [4.78, 5) is 3.29. The minimum Gasteiger partial charge on any atom is -0.396 e. The summed E-state index contributed by atoms with van der Waals surface area (Å²) in [5.74, 6) is -0.284. The van der Waals surface area contributed by atoms with Crippen molar-refractivity contribution in [3.8, 4) is 0 Å². The fourth-order valence-corrected chi connectivity index (χ4v) is 2.10. The zero-order valence-corrected chi connectivity index (χ0v) is 9.84. The maximum Gasteiger partial charge on any atom is 0.433 e. The number of ether oxygens (including phenoxy) is 1. The molecule has 0 spiro atoms. The molecule has 1 aromatic rings. The highest BCUT2D eigenvalue weighted by atomic mass is 19.4. The van der Waals surface area contributed by atoms with Gasteiger partial charge < -0.3 is 16.2 Å². The molecule has 1 atom stereocenters. The molecule has 1 saturated heterocycles. The number of pyridine rings is 1. The summed E-state index contributed by atoms with van der Waals surface area (Å²) >= 11 is 0. The number of alkyl halides is 3. The number of aromatic nitrogens is 1. The lowest BCUT2D eigenvalue weighted by molar-refractivity contribution is -0.141. The Morgan fingerprint density at radius 3 is 2.56 bits per heavy atom. The van der Waals surface area contributed by atoms with Crippen LogP contribution >= 0.6 is 0 Å². The molecular weight excluding hydrogens is 247 g/mol. The molecule has 100 valence electrons. The van der Waals surface area contributed by atoms with E-state index in [1.807, 2.05) is 6.92 Å². The third-order valence-corrected chi connectivity index (χ3v) is 3.25. The molecule has 2 heterocycles.